The summed E-state index contributed by atoms with van der Waals surface area (Å²) in [6.45, 7) is 3.70. The molecule has 1 saturated heterocycles. The predicted octanol–water partition coefficient (Wildman–Crippen LogP) is 2.59. The van der Waals surface area contributed by atoms with Crippen molar-refractivity contribution in [3.63, 3.8) is 0 Å². The van der Waals surface area contributed by atoms with Crippen molar-refractivity contribution in [3.05, 3.63) is 35.4 Å². The lowest BCUT2D eigenvalue weighted by Gasteiger charge is -2.08. The molecule has 0 aliphatic carbocycles. The number of benzene rings is 1. The van der Waals surface area contributed by atoms with Crippen LogP contribution in [0.1, 0.15) is 17.5 Å². The Morgan fingerprint density at radius 1 is 1.44 bits per heavy atom. The third-order valence-corrected chi connectivity index (χ3v) is 4.16. The lowest BCUT2D eigenvalue weighted by atomic mass is 10.1. The highest BCUT2D eigenvalue weighted by molar-refractivity contribution is 8.14. The summed E-state index contributed by atoms with van der Waals surface area (Å²) in [5, 5.41) is 4.52. The fraction of sp³-hybridized carbons (Fsp3) is 0.500. The van der Waals surface area contributed by atoms with E-state index < -0.39 is 0 Å². The van der Waals surface area contributed by atoms with Gasteiger partial charge in [-0.15, -0.1) is 0 Å². The third-order valence-electron chi connectivity index (χ3n) is 3.07. The highest BCUT2D eigenvalue weighted by Crippen LogP contribution is 2.17. The highest BCUT2D eigenvalue weighted by atomic mass is 32.2. The Labute approximate surface area is 113 Å². The summed E-state index contributed by atoms with van der Waals surface area (Å²) in [7, 11) is 1.75. The minimum atomic E-state index is 0.505. The number of nitrogens with zero attached hydrogens (tertiary/aromatic N) is 1. The zero-order chi connectivity index (χ0) is 12.8. The zero-order valence-electron chi connectivity index (χ0n) is 11.0. The van der Waals surface area contributed by atoms with Crippen molar-refractivity contribution >= 4 is 16.9 Å². The van der Waals surface area contributed by atoms with Crippen LogP contribution < -0.4 is 5.32 Å². The molecule has 1 aliphatic rings. The number of rotatable bonds is 5. The summed E-state index contributed by atoms with van der Waals surface area (Å²) in [5.74, 6) is 1.09. The van der Waals surface area contributed by atoms with E-state index in [0.717, 1.165) is 30.5 Å². The smallest absolute Gasteiger partial charge is 0.157 e. The van der Waals surface area contributed by atoms with Crippen LogP contribution in [0.4, 0.5) is 0 Å². The van der Waals surface area contributed by atoms with Crippen LogP contribution in [-0.4, -0.2) is 30.7 Å². The lowest BCUT2D eigenvalue weighted by molar-refractivity contribution is 0.188. The van der Waals surface area contributed by atoms with Crippen molar-refractivity contribution in [2.75, 3.05) is 19.5 Å². The van der Waals surface area contributed by atoms with Crippen LogP contribution in [-0.2, 0) is 11.3 Å². The van der Waals surface area contributed by atoms with Crippen LogP contribution in [0.25, 0.3) is 0 Å². The van der Waals surface area contributed by atoms with Crippen LogP contribution in [0.5, 0.6) is 0 Å². The summed E-state index contributed by atoms with van der Waals surface area (Å²) in [6, 6.07) is 8.91. The molecular weight excluding hydrogens is 244 g/mol. The molecule has 1 N–H and O–H groups in total. The normalized spacial score (nSPS) is 21.2. The molecule has 2 rings (SSSR count). The molecule has 1 fully saturated rings. The topological polar surface area (TPSA) is 33.6 Å². The fourth-order valence-corrected chi connectivity index (χ4v) is 2.90. The maximum absolute atomic E-state index is 5.09. The number of methoxy groups -OCH3 is 1. The Morgan fingerprint density at radius 3 is 3.06 bits per heavy atom. The van der Waals surface area contributed by atoms with Crippen LogP contribution in [0.3, 0.4) is 0 Å². The summed E-state index contributed by atoms with van der Waals surface area (Å²) in [6.07, 6.45) is 1.05. The Balaban J connectivity index is 1.86. The second-order valence-corrected chi connectivity index (χ2v) is 5.49. The minimum Gasteiger partial charge on any atom is -0.385 e. The van der Waals surface area contributed by atoms with E-state index in [2.05, 4.69) is 41.5 Å². The molecule has 1 aromatic rings. The van der Waals surface area contributed by atoms with E-state index in [1.807, 2.05) is 11.8 Å². The fourth-order valence-electron chi connectivity index (χ4n) is 1.89. The molecule has 1 aromatic carbocycles. The van der Waals surface area contributed by atoms with Gasteiger partial charge in [0.05, 0.1) is 6.54 Å². The molecule has 1 unspecified atom stereocenters. The van der Waals surface area contributed by atoms with E-state index >= 15 is 0 Å². The first-order valence-electron chi connectivity index (χ1n) is 6.27. The van der Waals surface area contributed by atoms with E-state index in [-0.39, 0.29) is 0 Å². The molecular formula is C14H20N2OS. The first-order valence-corrected chi connectivity index (χ1v) is 7.25. The van der Waals surface area contributed by atoms with Crippen LogP contribution in [0.2, 0.25) is 0 Å². The molecule has 0 saturated carbocycles. The minimum absolute atomic E-state index is 0.505. The largest absolute Gasteiger partial charge is 0.385 e. The van der Waals surface area contributed by atoms with Gasteiger partial charge in [-0.25, -0.2) is 0 Å². The summed E-state index contributed by atoms with van der Waals surface area (Å²) in [5.41, 5.74) is 2.61. The van der Waals surface area contributed by atoms with Gasteiger partial charge in [-0.2, -0.15) is 0 Å². The van der Waals surface area contributed by atoms with E-state index in [1.54, 1.807) is 7.11 Å². The number of aliphatic imine (C=N–C) groups is 1. The quantitative estimate of drug-likeness (QED) is 0.887. The van der Waals surface area contributed by atoms with E-state index in [9.17, 15) is 0 Å². The summed E-state index contributed by atoms with van der Waals surface area (Å²) < 4.78 is 5.09. The molecule has 0 bridgehead atoms. The first-order chi connectivity index (χ1) is 8.79. The molecule has 98 valence electrons. The molecule has 1 atom stereocenters. The van der Waals surface area contributed by atoms with Crippen LogP contribution >= 0.6 is 11.8 Å². The average molecular weight is 264 g/mol. The number of ether oxygens (including phenoxy) is 1. The maximum atomic E-state index is 5.09. The number of hydrogen-bond acceptors (Lipinski definition) is 3. The summed E-state index contributed by atoms with van der Waals surface area (Å²) >= 11 is 1.81. The van der Waals surface area contributed by atoms with Crippen molar-refractivity contribution in [1.29, 1.82) is 0 Å². The van der Waals surface area contributed by atoms with Gasteiger partial charge in [0.2, 0.25) is 0 Å². The summed E-state index contributed by atoms with van der Waals surface area (Å²) in [4.78, 5) is 4.64. The lowest BCUT2D eigenvalue weighted by Crippen LogP contribution is -2.28. The SMILES string of the molecule is COCCC1CSC(=NCc2ccccc2C)N1. The predicted molar refractivity (Wildman–Crippen MR) is 78.2 cm³/mol. The molecule has 0 radical (unpaired) electrons. The molecule has 0 amide bonds. The van der Waals surface area contributed by atoms with E-state index in [4.69, 9.17) is 4.74 Å². The molecule has 0 aromatic heterocycles. The van der Waals surface area contributed by atoms with Crippen LogP contribution in [0.15, 0.2) is 29.3 Å². The van der Waals surface area contributed by atoms with Gasteiger partial charge in [0.25, 0.3) is 0 Å². The first kappa shape index (κ1) is 13.4. The molecule has 1 heterocycles. The Morgan fingerprint density at radius 2 is 2.28 bits per heavy atom. The van der Waals surface area contributed by atoms with Crippen molar-refractivity contribution in [2.24, 2.45) is 4.99 Å². The standard InChI is InChI=1S/C14H20N2OS/c1-11-5-3-4-6-12(11)9-15-14-16-13(10-18-14)7-8-17-2/h3-6,13H,7-10H2,1-2H3,(H,15,16). The molecule has 3 nitrogen and oxygen atoms in total. The Bertz CT molecular complexity index is 420. The third kappa shape index (κ3) is 3.75. The van der Waals surface area contributed by atoms with Crippen molar-refractivity contribution < 1.29 is 4.74 Å². The number of amidine groups is 1. The molecule has 0 spiro atoms. The van der Waals surface area contributed by atoms with E-state index in [0.29, 0.717) is 6.04 Å². The Hall–Kier alpha value is -1.00. The highest BCUT2D eigenvalue weighted by Gasteiger charge is 2.19. The second kappa shape index (κ2) is 6.81. The van der Waals surface area contributed by atoms with Crippen molar-refractivity contribution in [1.82, 2.24) is 5.32 Å². The van der Waals surface area contributed by atoms with Crippen molar-refractivity contribution in [2.45, 2.75) is 25.9 Å². The van der Waals surface area contributed by atoms with Gasteiger partial charge in [0.1, 0.15) is 0 Å². The van der Waals surface area contributed by atoms with Gasteiger partial charge >= 0.3 is 0 Å². The van der Waals surface area contributed by atoms with Crippen molar-refractivity contribution in [3.8, 4) is 0 Å². The molecule has 18 heavy (non-hydrogen) atoms. The Kier molecular flexibility index (Phi) is 5.08. The molecule has 4 heteroatoms. The number of aryl methyl sites for hydroxylation is 1. The number of thioether (sulfide) groups is 1. The van der Waals surface area contributed by atoms with Gasteiger partial charge in [0, 0.05) is 25.5 Å². The van der Waals surface area contributed by atoms with Gasteiger partial charge in [-0.05, 0) is 24.5 Å². The number of nitrogens with one attached hydrogen (secondary N) is 1. The van der Waals surface area contributed by atoms with Gasteiger partial charge in [-0.3, -0.25) is 4.99 Å². The molecule has 1 aliphatic heterocycles. The monoisotopic (exact) mass is 264 g/mol. The number of hydrogen-bond donors (Lipinski definition) is 1. The van der Waals surface area contributed by atoms with E-state index in [1.165, 1.54) is 11.1 Å². The average Bonchev–Trinajstić information content (AvgIpc) is 2.83. The second-order valence-electron chi connectivity index (χ2n) is 4.48. The van der Waals surface area contributed by atoms with Crippen LogP contribution in [0, 0.1) is 6.92 Å². The maximum Gasteiger partial charge on any atom is 0.157 e. The van der Waals surface area contributed by atoms with Gasteiger partial charge in [-0.1, -0.05) is 36.0 Å². The van der Waals surface area contributed by atoms with Gasteiger partial charge in [0.15, 0.2) is 5.17 Å². The van der Waals surface area contributed by atoms with Gasteiger partial charge < -0.3 is 10.1 Å². The zero-order valence-corrected chi connectivity index (χ0v) is 11.8.